The van der Waals surface area contributed by atoms with E-state index in [1.807, 2.05) is 30.3 Å². The second-order valence-corrected chi connectivity index (χ2v) is 7.78. The molecule has 1 aliphatic heterocycles. The summed E-state index contributed by atoms with van der Waals surface area (Å²) in [7, 11) is 0. The number of nitrogens with zero attached hydrogens (tertiary/aromatic N) is 1. The lowest BCUT2D eigenvalue weighted by atomic mass is 9.80. The van der Waals surface area contributed by atoms with Crippen LogP contribution < -0.4 is 5.73 Å². The van der Waals surface area contributed by atoms with Gasteiger partial charge in [-0.15, -0.1) is 0 Å². The van der Waals surface area contributed by atoms with Gasteiger partial charge in [-0.1, -0.05) is 54.6 Å². The molecule has 2 aromatic carbocycles. The van der Waals surface area contributed by atoms with Crippen molar-refractivity contribution in [2.45, 2.75) is 43.7 Å². The van der Waals surface area contributed by atoms with Crippen LogP contribution in [0.25, 0.3) is 11.1 Å². The van der Waals surface area contributed by atoms with Crippen molar-refractivity contribution < 1.29 is 13.6 Å². The quantitative estimate of drug-likeness (QED) is 0.888. The molecule has 1 saturated carbocycles. The van der Waals surface area contributed by atoms with Gasteiger partial charge in [-0.05, 0) is 29.5 Å². The molecule has 27 heavy (non-hydrogen) atoms. The van der Waals surface area contributed by atoms with Crippen LogP contribution in [0.15, 0.2) is 54.6 Å². The number of likely N-dealkylation sites (tertiary alicyclic amines) is 1. The number of hydrogen-bond donors (Lipinski definition) is 1. The zero-order valence-electron chi connectivity index (χ0n) is 15.2. The first kappa shape index (κ1) is 18.1. The van der Waals surface area contributed by atoms with Crippen molar-refractivity contribution in [1.82, 2.24) is 4.90 Å². The fourth-order valence-corrected chi connectivity index (χ4v) is 4.23. The van der Waals surface area contributed by atoms with E-state index >= 15 is 0 Å². The lowest BCUT2D eigenvalue weighted by molar-refractivity contribution is -0.160. The van der Waals surface area contributed by atoms with Crippen molar-refractivity contribution in [2.75, 3.05) is 6.54 Å². The van der Waals surface area contributed by atoms with E-state index < -0.39 is 11.8 Å². The summed E-state index contributed by atoms with van der Waals surface area (Å²) in [4.78, 5) is 14.4. The summed E-state index contributed by atoms with van der Waals surface area (Å²) < 4.78 is 26.3. The minimum absolute atomic E-state index is 0.116. The third-order valence-electron chi connectivity index (χ3n) is 5.80. The molecule has 0 bridgehead atoms. The molecule has 2 aromatic rings. The van der Waals surface area contributed by atoms with Gasteiger partial charge in [0.1, 0.15) is 0 Å². The van der Waals surface area contributed by atoms with Crippen LogP contribution in [0, 0.1) is 5.92 Å². The number of rotatable bonds is 4. The van der Waals surface area contributed by atoms with Gasteiger partial charge >= 0.3 is 0 Å². The van der Waals surface area contributed by atoms with Crippen LogP contribution in [0.1, 0.15) is 24.8 Å². The van der Waals surface area contributed by atoms with E-state index in [9.17, 15) is 13.6 Å². The molecule has 0 spiro atoms. The second kappa shape index (κ2) is 7.04. The summed E-state index contributed by atoms with van der Waals surface area (Å²) in [5, 5.41) is 0. The molecule has 142 valence electrons. The Labute approximate surface area is 158 Å². The summed E-state index contributed by atoms with van der Waals surface area (Å²) in [6, 6.07) is 18.1. The Balaban J connectivity index is 1.50. The number of benzene rings is 2. The summed E-state index contributed by atoms with van der Waals surface area (Å²) in [5.74, 6) is -3.39. The maximum Gasteiger partial charge on any atom is 0.249 e. The molecule has 2 fully saturated rings. The largest absolute Gasteiger partial charge is 0.338 e. The first-order valence-corrected chi connectivity index (χ1v) is 9.51. The van der Waals surface area contributed by atoms with Gasteiger partial charge in [0.2, 0.25) is 11.8 Å². The number of hydrogen-bond acceptors (Lipinski definition) is 2. The molecule has 1 aliphatic carbocycles. The Kier molecular flexibility index (Phi) is 4.72. The van der Waals surface area contributed by atoms with Crippen LogP contribution in [0.4, 0.5) is 8.78 Å². The van der Waals surface area contributed by atoms with Gasteiger partial charge in [-0.2, -0.15) is 0 Å². The number of carbonyl (C=O) groups excluding carboxylic acids is 1. The Morgan fingerprint density at radius 1 is 1.07 bits per heavy atom. The molecule has 0 aromatic heterocycles. The molecule has 1 heterocycles. The molecule has 2 atom stereocenters. The predicted molar refractivity (Wildman–Crippen MR) is 101 cm³/mol. The fraction of sp³-hybridized carbons (Fsp3) is 0.409. The lowest BCUT2D eigenvalue weighted by Gasteiger charge is -2.38. The van der Waals surface area contributed by atoms with Crippen LogP contribution in [0.3, 0.4) is 0 Å². The SMILES string of the molecule is N[C@H]1CCN(C(=O)C2CC(F)(F)C2)C1Cc1cccc(-c2ccccc2)c1. The van der Waals surface area contributed by atoms with Gasteiger partial charge in [0.15, 0.2) is 0 Å². The highest BCUT2D eigenvalue weighted by molar-refractivity contribution is 5.81. The predicted octanol–water partition coefficient (Wildman–Crippen LogP) is 3.87. The Bertz CT molecular complexity index is 816. The Morgan fingerprint density at radius 2 is 1.78 bits per heavy atom. The topological polar surface area (TPSA) is 46.3 Å². The number of amides is 1. The van der Waals surface area contributed by atoms with Crippen molar-refractivity contribution in [2.24, 2.45) is 11.7 Å². The molecular weight excluding hydrogens is 346 g/mol. The summed E-state index contributed by atoms with van der Waals surface area (Å²) >= 11 is 0. The highest BCUT2D eigenvalue weighted by Gasteiger charge is 2.51. The van der Waals surface area contributed by atoms with E-state index in [0.29, 0.717) is 13.0 Å². The van der Waals surface area contributed by atoms with Crippen LogP contribution in [0.2, 0.25) is 0 Å². The smallest absolute Gasteiger partial charge is 0.249 e. The number of alkyl halides is 2. The van der Waals surface area contributed by atoms with Crippen molar-refractivity contribution in [3.8, 4) is 11.1 Å². The second-order valence-electron chi connectivity index (χ2n) is 7.78. The lowest BCUT2D eigenvalue weighted by Crippen LogP contribution is -2.51. The molecule has 2 aliphatic rings. The maximum atomic E-state index is 13.2. The Morgan fingerprint density at radius 3 is 2.48 bits per heavy atom. The first-order valence-electron chi connectivity index (χ1n) is 9.51. The van der Waals surface area contributed by atoms with Gasteiger partial charge in [-0.25, -0.2) is 8.78 Å². The molecule has 1 amide bonds. The number of halogens is 2. The zero-order chi connectivity index (χ0) is 19.0. The minimum Gasteiger partial charge on any atom is -0.338 e. The zero-order valence-corrected chi connectivity index (χ0v) is 15.2. The monoisotopic (exact) mass is 370 g/mol. The highest BCUT2D eigenvalue weighted by atomic mass is 19.3. The molecule has 1 saturated heterocycles. The van der Waals surface area contributed by atoms with E-state index in [2.05, 4.69) is 24.3 Å². The van der Waals surface area contributed by atoms with E-state index in [4.69, 9.17) is 5.73 Å². The van der Waals surface area contributed by atoms with E-state index in [0.717, 1.165) is 23.1 Å². The van der Waals surface area contributed by atoms with Crippen molar-refractivity contribution >= 4 is 5.91 Å². The van der Waals surface area contributed by atoms with Crippen LogP contribution in [0.5, 0.6) is 0 Å². The number of nitrogens with two attached hydrogens (primary N) is 1. The van der Waals surface area contributed by atoms with Crippen LogP contribution in [-0.4, -0.2) is 35.4 Å². The van der Waals surface area contributed by atoms with Crippen LogP contribution >= 0.6 is 0 Å². The highest BCUT2D eigenvalue weighted by Crippen LogP contribution is 2.44. The van der Waals surface area contributed by atoms with Gasteiger partial charge in [0.05, 0.1) is 6.04 Å². The third-order valence-corrected chi connectivity index (χ3v) is 5.80. The maximum absolute atomic E-state index is 13.2. The van der Waals surface area contributed by atoms with Crippen molar-refractivity contribution in [3.05, 3.63) is 60.2 Å². The van der Waals surface area contributed by atoms with E-state index in [-0.39, 0.29) is 30.8 Å². The molecule has 4 rings (SSSR count). The number of carbonyl (C=O) groups is 1. The normalized spacial score (nSPS) is 24.6. The molecule has 3 nitrogen and oxygen atoms in total. The minimum atomic E-state index is -2.68. The summed E-state index contributed by atoms with van der Waals surface area (Å²) in [5.41, 5.74) is 9.64. The van der Waals surface area contributed by atoms with Gasteiger partial charge in [0.25, 0.3) is 0 Å². The summed E-state index contributed by atoms with van der Waals surface area (Å²) in [6.07, 6.45) is 0.718. The van der Waals surface area contributed by atoms with Gasteiger partial charge < -0.3 is 10.6 Å². The average Bonchev–Trinajstić information content (AvgIpc) is 3.00. The standard InChI is InChI=1S/C22H24F2N2O/c23-22(24)13-18(14-22)21(27)26-10-9-19(25)20(26)12-15-5-4-8-17(11-15)16-6-2-1-3-7-16/h1-8,11,18-20H,9-10,12-14,25H2/t19-,20?/m0/s1. The molecule has 0 radical (unpaired) electrons. The van der Waals surface area contributed by atoms with Gasteiger partial charge in [-0.3, -0.25) is 4.79 Å². The van der Waals surface area contributed by atoms with Crippen molar-refractivity contribution in [3.63, 3.8) is 0 Å². The third kappa shape index (κ3) is 3.74. The molecular formula is C22H24F2N2O. The van der Waals surface area contributed by atoms with E-state index in [1.165, 1.54) is 0 Å². The average molecular weight is 370 g/mol. The van der Waals surface area contributed by atoms with Crippen LogP contribution in [-0.2, 0) is 11.2 Å². The molecule has 1 unspecified atom stereocenters. The summed E-state index contributed by atoms with van der Waals surface area (Å²) in [6.45, 7) is 0.561. The molecule has 2 N–H and O–H groups in total. The van der Waals surface area contributed by atoms with Gasteiger partial charge in [0, 0.05) is 31.3 Å². The molecule has 5 heteroatoms. The van der Waals surface area contributed by atoms with E-state index in [1.54, 1.807) is 4.90 Å². The van der Waals surface area contributed by atoms with Crippen molar-refractivity contribution in [1.29, 1.82) is 0 Å². The Hall–Kier alpha value is -2.27. The first-order chi connectivity index (χ1) is 12.9. The fourth-order valence-electron chi connectivity index (χ4n) is 4.23.